The van der Waals surface area contributed by atoms with Gasteiger partial charge < -0.3 is 10.1 Å². The highest BCUT2D eigenvalue weighted by Crippen LogP contribution is 2.28. The molecule has 7 heteroatoms. The molecule has 1 unspecified atom stereocenters. The lowest BCUT2D eigenvalue weighted by Gasteiger charge is -2.14. The zero-order valence-corrected chi connectivity index (χ0v) is 12.4. The van der Waals surface area contributed by atoms with Gasteiger partial charge in [0.05, 0.1) is 5.02 Å². The van der Waals surface area contributed by atoms with Crippen molar-refractivity contribution in [2.45, 2.75) is 26.1 Å². The van der Waals surface area contributed by atoms with E-state index in [-0.39, 0.29) is 18.5 Å². The van der Waals surface area contributed by atoms with E-state index in [1.54, 1.807) is 12.1 Å². The molecule has 0 aliphatic heterocycles. The van der Waals surface area contributed by atoms with Gasteiger partial charge in [0, 0.05) is 18.4 Å². The molecule has 0 aliphatic rings. The molecule has 1 aromatic heterocycles. The van der Waals surface area contributed by atoms with Gasteiger partial charge in [-0.15, -0.1) is 0 Å². The predicted octanol–water partition coefficient (Wildman–Crippen LogP) is 3.79. The molecule has 2 aromatic rings. The van der Waals surface area contributed by atoms with Gasteiger partial charge in [0.1, 0.15) is 12.4 Å². The van der Waals surface area contributed by atoms with Crippen molar-refractivity contribution in [3.63, 3.8) is 0 Å². The summed E-state index contributed by atoms with van der Waals surface area (Å²) in [6.07, 6.45) is 2.52. The molecular weight excluding hydrogens is 300 g/mol. The summed E-state index contributed by atoms with van der Waals surface area (Å²) in [7, 11) is 1.85. The number of halogens is 3. The van der Waals surface area contributed by atoms with Gasteiger partial charge in [0.15, 0.2) is 5.82 Å². The first kappa shape index (κ1) is 15.7. The molecule has 1 heterocycles. The van der Waals surface area contributed by atoms with E-state index in [0.717, 1.165) is 10.1 Å². The van der Waals surface area contributed by atoms with Gasteiger partial charge in [0.2, 0.25) is 0 Å². The summed E-state index contributed by atoms with van der Waals surface area (Å²) < 4.78 is 31.6. The zero-order chi connectivity index (χ0) is 15.4. The van der Waals surface area contributed by atoms with Crippen LogP contribution in [0, 0.1) is 0 Å². The van der Waals surface area contributed by atoms with Crippen LogP contribution in [0.3, 0.4) is 0 Å². The summed E-state index contributed by atoms with van der Waals surface area (Å²) >= 11 is 6.14. The Morgan fingerprint density at radius 2 is 2.19 bits per heavy atom. The molecule has 21 heavy (non-hydrogen) atoms. The van der Waals surface area contributed by atoms with Crippen LogP contribution in [0.2, 0.25) is 5.02 Å². The molecule has 0 aliphatic carbocycles. The van der Waals surface area contributed by atoms with Crippen LogP contribution in [0.15, 0.2) is 30.6 Å². The molecule has 4 nitrogen and oxygen atoms in total. The summed E-state index contributed by atoms with van der Waals surface area (Å²) in [6.45, 7) is -0.704. The Hall–Kier alpha value is -1.66. The molecule has 0 saturated heterocycles. The minimum Gasteiger partial charge on any atom is -0.484 e. The standard InChI is InChI=1S/C14H16ClF2N3O/c1-9(18-2)10-3-4-12(11(15)7-10)21-8-13-19-5-6-20(13)14(16)17/h3-7,9,14,18H,8H2,1-2H3. The number of nitrogens with one attached hydrogen (secondary N) is 1. The molecule has 0 saturated carbocycles. The maximum Gasteiger partial charge on any atom is 0.320 e. The van der Waals surface area contributed by atoms with Gasteiger partial charge in [-0.1, -0.05) is 17.7 Å². The Bertz CT molecular complexity index is 604. The number of nitrogens with zero attached hydrogens (tertiary/aromatic N) is 2. The first-order chi connectivity index (χ1) is 10.0. The second-order valence-corrected chi connectivity index (χ2v) is 4.92. The molecule has 2 rings (SSSR count). The molecule has 1 N–H and O–H groups in total. The normalized spacial score (nSPS) is 12.7. The number of aromatic nitrogens is 2. The van der Waals surface area contributed by atoms with E-state index in [0.29, 0.717) is 10.8 Å². The van der Waals surface area contributed by atoms with Crippen LogP contribution >= 0.6 is 11.6 Å². The fourth-order valence-corrected chi connectivity index (χ4v) is 2.09. The first-order valence-corrected chi connectivity index (χ1v) is 6.80. The average Bonchev–Trinajstić information content (AvgIpc) is 2.93. The maximum absolute atomic E-state index is 12.7. The van der Waals surface area contributed by atoms with Crippen LogP contribution in [-0.2, 0) is 6.61 Å². The molecule has 0 bridgehead atoms. The third-order valence-corrected chi connectivity index (χ3v) is 3.50. The molecule has 114 valence electrons. The molecule has 0 spiro atoms. The van der Waals surface area contributed by atoms with E-state index < -0.39 is 6.55 Å². The van der Waals surface area contributed by atoms with Crippen molar-refractivity contribution in [3.05, 3.63) is 47.0 Å². The van der Waals surface area contributed by atoms with Crippen molar-refractivity contribution >= 4 is 11.6 Å². The van der Waals surface area contributed by atoms with Crippen LogP contribution in [-0.4, -0.2) is 16.6 Å². The van der Waals surface area contributed by atoms with Gasteiger partial charge in [-0.05, 0) is 31.7 Å². The van der Waals surface area contributed by atoms with Crippen molar-refractivity contribution in [3.8, 4) is 5.75 Å². The molecule has 1 atom stereocenters. The van der Waals surface area contributed by atoms with Gasteiger partial charge >= 0.3 is 6.55 Å². The third kappa shape index (κ3) is 3.71. The molecule has 0 radical (unpaired) electrons. The van der Waals surface area contributed by atoms with Crippen LogP contribution in [0.25, 0.3) is 0 Å². The monoisotopic (exact) mass is 315 g/mol. The summed E-state index contributed by atoms with van der Waals surface area (Å²) in [5.74, 6) is 0.585. The quantitative estimate of drug-likeness (QED) is 0.881. The van der Waals surface area contributed by atoms with Gasteiger partial charge in [-0.25, -0.2) is 4.98 Å². The molecule has 1 aromatic carbocycles. The summed E-state index contributed by atoms with van der Waals surface area (Å²) in [6, 6.07) is 5.55. The summed E-state index contributed by atoms with van der Waals surface area (Å²) in [4.78, 5) is 3.85. The Labute approximate surface area is 126 Å². The number of alkyl halides is 2. The topological polar surface area (TPSA) is 39.1 Å². The minimum absolute atomic E-state index is 0.0714. The summed E-state index contributed by atoms with van der Waals surface area (Å²) in [5.41, 5.74) is 1.02. The Balaban J connectivity index is 2.08. The fraction of sp³-hybridized carbons (Fsp3) is 0.357. The van der Waals surface area contributed by atoms with Crippen molar-refractivity contribution in [1.29, 1.82) is 0 Å². The highest BCUT2D eigenvalue weighted by molar-refractivity contribution is 6.32. The van der Waals surface area contributed by atoms with E-state index in [9.17, 15) is 8.78 Å². The van der Waals surface area contributed by atoms with Crippen molar-refractivity contribution in [1.82, 2.24) is 14.9 Å². The van der Waals surface area contributed by atoms with E-state index in [1.807, 2.05) is 20.0 Å². The maximum atomic E-state index is 12.7. The zero-order valence-electron chi connectivity index (χ0n) is 11.7. The van der Waals surface area contributed by atoms with Crippen LogP contribution < -0.4 is 10.1 Å². The second kappa shape index (κ2) is 6.87. The molecule has 0 amide bonds. The SMILES string of the molecule is CNC(C)c1ccc(OCc2nccn2C(F)F)c(Cl)c1. The first-order valence-electron chi connectivity index (χ1n) is 6.42. The average molecular weight is 316 g/mol. The number of hydrogen-bond acceptors (Lipinski definition) is 3. The Morgan fingerprint density at radius 3 is 2.81 bits per heavy atom. The fourth-order valence-electron chi connectivity index (χ4n) is 1.85. The van der Waals surface area contributed by atoms with Crippen molar-refractivity contribution < 1.29 is 13.5 Å². The number of ether oxygens (including phenoxy) is 1. The Kier molecular flexibility index (Phi) is 5.14. The van der Waals surface area contributed by atoms with E-state index in [1.165, 1.54) is 12.4 Å². The van der Waals surface area contributed by atoms with Crippen molar-refractivity contribution in [2.75, 3.05) is 7.05 Å². The van der Waals surface area contributed by atoms with Crippen LogP contribution in [0.4, 0.5) is 8.78 Å². The summed E-state index contributed by atoms with van der Waals surface area (Å²) in [5, 5.41) is 3.54. The number of imidazole rings is 1. The predicted molar refractivity (Wildman–Crippen MR) is 76.7 cm³/mol. The van der Waals surface area contributed by atoms with E-state index in [2.05, 4.69) is 10.3 Å². The van der Waals surface area contributed by atoms with E-state index >= 15 is 0 Å². The lowest BCUT2D eigenvalue weighted by atomic mass is 10.1. The van der Waals surface area contributed by atoms with Crippen molar-refractivity contribution in [2.24, 2.45) is 0 Å². The van der Waals surface area contributed by atoms with Crippen LogP contribution in [0.1, 0.15) is 30.9 Å². The lowest BCUT2D eigenvalue weighted by Crippen LogP contribution is -2.12. The van der Waals surface area contributed by atoms with E-state index in [4.69, 9.17) is 16.3 Å². The third-order valence-electron chi connectivity index (χ3n) is 3.20. The smallest absolute Gasteiger partial charge is 0.320 e. The van der Waals surface area contributed by atoms with Gasteiger partial charge in [0.25, 0.3) is 0 Å². The number of hydrogen-bond donors (Lipinski definition) is 1. The Morgan fingerprint density at radius 1 is 1.43 bits per heavy atom. The number of benzene rings is 1. The van der Waals surface area contributed by atoms with Crippen LogP contribution in [0.5, 0.6) is 5.75 Å². The van der Waals surface area contributed by atoms with Gasteiger partial charge in [-0.2, -0.15) is 8.78 Å². The second-order valence-electron chi connectivity index (χ2n) is 4.52. The minimum atomic E-state index is -2.64. The lowest BCUT2D eigenvalue weighted by molar-refractivity contribution is 0.0632. The van der Waals surface area contributed by atoms with Gasteiger partial charge in [-0.3, -0.25) is 4.57 Å². The molecule has 0 fully saturated rings. The highest BCUT2D eigenvalue weighted by Gasteiger charge is 2.13. The highest BCUT2D eigenvalue weighted by atomic mass is 35.5. The number of rotatable bonds is 6. The largest absolute Gasteiger partial charge is 0.484 e. The molecular formula is C14H16ClF2N3O.